The van der Waals surface area contributed by atoms with Gasteiger partial charge in [0.25, 0.3) is 0 Å². The zero-order valence-electron chi connectivity index (χ0n) is 17.9. The van der Waals surface area contributed by atoms with Gasteiger partial charge in [0, 0.05) is 18.3 Å². The van der Waals surface area contributed by atoms with Gasteiger partial charge in [-0.25, -0.2) is 13.1 Å². The molecular formula is C22H23F3N4O3S. The molecule has 3 aromatic rings. The molecule has 0 aliphatic carbocycles. The summed E-state index contributed by atoms with van der Waals surface area (Å²) < 4.78 is 68.1. The van der Waals surface area contributed by atoms with Gasteiger partial charge in [-0.2, -0.15) is 23.0 Å². The van der Waals surface area contributed by atoms with Crippen LogP contribution in [-0.4, -0.2) is 30.1 Å². The number of benzene rings is 2. The Labute approximate surface area is 189 Å². The van der Waals surface area contributed by atoms with Crippen molar-refractivity contribution in [2.45, 2.75) is 37.5 Å². The summed E-state index contributed by atoms with van der Waals surface area (Å²) in [7, 11) is -4.37. The first-order chi connectivity index (χ1) is 15.5. The van der Waals surface area contributed by atoms with Gasteiger partial charge in [-0.05, 0) is 36.2 Å². The molecule has 0 radical (unpaired) electrons. The molecule has 0 aliphatic heterocycles. The number of carbonyl (C=O) groups excluding carboxylic acids is 1. The molecular weight excluding hydrogens is 457 g/mol. The number of alkyl halides is 3. The Bertz CT molecular complexity index is 1210. The van der Waals surface area contributed by atoms with E-state index in [4.69, 9.17) is 0 Å². The largest absolute Gasteiger partial charge is 0.416 e. The van der Waals surface area contributed by atoms with E-state index in [0.29, 0.717) is 11.6 Å². The van der Waals surface area contributed by atoms with Crippen LogP contribution < -0.4 is 10.0 Å². The lowest BCUT2D eigenvalue weighted by atomic mass is 10.1. The van der Waals surface area contributed by atoms with Gasteiger partial charge in [-0.1, -0.05) is 38.1 Å². The summed E-state index contributed by atoms with van der Waals surface area (Å²) in [5, 5.41) is 6.89. The summed E-state index contributed by atoms with van der Waals surface area (Å²) in [6, 6.07) is 11.5. The average Bonchev–Trinajstić information content (AvgIpc) is 3.25. The number of nitrogens with one attached hydrogen (secondary N) is 2. The second-order valence-electron chi connectivity index (χ2n) is 7.72. The maximum atomic E-state index is 13.0. The lowest BCUT2D eigenvalue weighted by Gasteiger charge is -2.22. The SMILES string of the molecule is CC(C)[C@H](NS(=O)(=O)c1cccc(C(F)(F)F)c1)C(=O)NCc1cnn(-c2ccccc2)c1. The Hall–Kier alpha value is -3.18. The van der Waals surface area contributed by atoms with Crippen LogP contribution >= 0.6 is 0 Å². The minimum absolute atomic E-state index is 0.0974. The molecule has 0 aliphatic rings. The Balaban J connectivity index is 1.70. The van der Waals surface area contributed by atoms with Crippen molar-refractivity contribution in [2.24, 2.45) is 5.92 Å². The van der Waals surface area contributed by atoms with Crippen LogP contribution in [0.5, 0.6) is 0 Å². The summed E-state index contributed by atoms with van der Waals surface area (Å²) >= 11 is 0. The lowest BCUT2D eigenvalue weighted by molar-refractivity contribution is -0.137. The fourth-order valence-electron chi connectivity index (χ4n) is 3.04. The van der Waals surface area contributed by atoms with E-state index in [9.17, 15) is 26.4 Å². The van der Waals surface area contributed by atoms with Gasteiger partial charge < -0.3 is 5.32 Å². The fraction of sp³-hybridized carbons (Fsp3) is 0.273. The van der Waals surface area contributed by atoms with E-state index in [0.717, 1.165) is 23.9 Å². The fourth-order valence-corrected chi connectivity index (χ4v) is 4.43. The predicted molar refractivity (Wildman–Crippen MR) is 116 cm³/mol. The summed E-state index contributed by atoms with van der Waals surface area (Å²) in [5.41, 5.74) is 0.436. The van der Waals surface area contributed by atoms with Crippen LogP contribution in [0.25, 0.3) is 5.69 Å². The normalized spacial score (nSPS) is 13.2. The molecule has 11 heteroatoms. The standard InChI is InChI=1S/C22H23F3N4O3S/c1-15(2)20(28-33(31,32)19-10-6-7-17(11-19)22(23,24)25)21(30)26-12-16-13-27-29(14-16)18-8-4-3-5-9-18/h3-11,13-15,20,28H,12H2,1-2H3,(H,26,30)/t20-/m0/s1. The first-order valence-corrected chi connectivity index (χ1v) is 11.5. The van der Waals surface area contributed by atoms with E-state index in [1.165, 1.54) is 0 Å². The van der Waals surface area contributed by atoms with Gasteiger partial charge in [-0.15, -0.1) is 0 Å². The van der Waals surface area contributed by atoms with Crippen LogP contribution in [0.4, 0.5) is 13.2 Å². The molecule has 1 heterocycles. The number of halogens is 3. The van der Waals surface area contributed by atoms with Gasteiger partial charge in [0.15, 0.2) is 0 Å². The van der Waals surface area contributed by atoms with Crippen LogP contribution in [0.2, 0.25) is 0 Å². The third-order valence-corrected chi connectivity index (χ3v) is 6.27. The maximum absolute atomic E-state index is 13.0. The molecule has 2 N–H and O–H groups in total. The predicted octanol–water partition coefficient (Wildman–Crippen LogP) is 3.51. The van der Waals surface area contributed by atoms with Crippen molar-refractivity contribution in [2.75, 3.05) is 0 Å². The van der Waals surface area contributed by atoms with E-state index in [2.05, 4.69) is 15.1 Å². The molecule has 1 atom stereocenters. The number of hydrogen-bond donors (Lipinski definition) is 2. The summed E-state index contributed by atoms with van der Waals surface area (Å²) in [6.07, 6.45) is -1.39. The molecule has 0 saturated heterocycles. The Kier molecular flexibility index (Phi) is 7.23. The maximum Gasteiger partial charge on any atom is 0.416 e. The van der Waals surface area contributed by atoms with Crippen molar-refractivity contribution in [1.29, 1.82) is 0 Å². The number of rotatable bonds is 8. The first kappa shape index (κ1) is 24.5. The van der Waals surface area contributed by atoms with Gasteiger partial charge in [0.2, 0.25) is 15.9 Å². The molecule has 0 unspecified atom stereocenters. The topological polar surface area (TPSA) is 93.1 Å². The number of aromatic nitrogens is 2. The molecule has 0 fully saturated rings. The van der Waals surface area contributed by atoms with Crippen molar-refractivity contribution in [3.63, 3.8) is 0 Å². The van der Waals surface area contributed by atoms with Crippen LogP contribution in [0, 0.1) is 5.92 Å². The van der Waals surface area contributed by atoms with E-state index >= 15 is 0 Å². The smallest absolute Gasteiger partial charge is 0.351 e. The van der Waals surface area contributed by atoms with Crippen LogP contribution in [0.1, 0.15) is 25.0 Å². The number of para-hydroxylation sites is 1. The Morgan fingerprint density at radius 1 is 1.09 bits per heavy atom. The highest BCUT2D eigenvalue weighted by Crippen LogP contribution is 2.30. The van der Waals surface area contributed by atoms with Crippen LogP contribution in [0.15, 0.2) is 71.9 Å². The minimum Gasteiger partial charge on any atom is -0.351 e. The molecule has 0 saturated carbocycles. The van der Waals surface area contributed by atoms with E-state index < -0.39 is 44.5 Å². The lowest BCUT2D eigenvalue weighted by Crippen LogP contribution is -2.49. The van der Waals surface area contributed by atoms with Crippen molar-refractivity contribution in [3.05, 3.63) is 78.1 Å². The summed E-state index contributed by atoms with van der Waals surface area (Å²) in [6.45, 7) is 3.36. The van der Waals surface area contributed by atoms with Crippen LogP contribution in [-0.2, 0) is 27.5 Å². The second kappa shape index (κ2) is 9.75. The zero-order valence-corrected chi connectivity index (χ0v) is 18.7. The van der Waals surface area contributed by atoms with Crippen molar-refractivity contribution >= 4 is 15.9 Å². The van der Waals surface area contributed by atoms with Crippen LogP contribution in [0.3, 0.4) is 0 Å². The van der Waals surface area contributed by atoms with E-state index in [1.807, 2.05) is 30.3 Å². The number of amides is 1. The van der Waals surface area contributed by atoms with Crippen molar-refractivity contribution in [3.8, 4) is 5.69 Å². The number of carbonyl (C=O) groups is 1. The molecule has 176 valence electrons. The first-order valence-electron chi connectivity index (χ1n) is 10.0. The highest BCUT2D eigenvalue weighted by atomic mass is 32.2. The number of nitrogens with zero attached hydrogens (tertiary/aromatic N) is 2. The van der Waals surface area contributed by atoms with E-state index in [1.54, 1.807) is 30.9 Å². The number of hydrogen-bond acceptors (Lipinski definition) is 4. The summed E-state index contributed by atoms with van der Waals surface area (Å²) in [5.74, 6) is -1.06. The third-order valence-electron chi connectivity index (χ3n) is 4.83. The second-order valence-corrected chi connectivity index (χ2v) is 9.43. The van der Waals surface area contributed by atoms with Gasteiger partial charge in [0.05, 0.1) is 22.3 Å². The Morgan fingerprint density at radius 3 is 2.42 bits per heavy atom. The third kappa shape index (κ3) is 6.20. The van der Waals surface area contributed by atoms with Crippen molar-refractivity contribution < 1.29 is 26.4 Å². The zero-order chi connectivity index (χ0) is 24.2. The van der Waals surface area contributed by atoms with Gasteiger partial charge in [-0.3, -0.25) is 4.79 Å². The highest BCUT2D eigenvalue weighted by Gasteiger charge is 2.33. The monoisotopic (exact) mass is 480 g/mol. The molecule has 3 rings (SSSR count). The molecule has 7 nitrogen and oxygen atoms in total. The van der Waals surface area contributed by atoms with Gasteiger partial charge >= 0.3 is 6.18 Å². The minimum atomic E-state index is -4.69. The van der Waals surface area contributed by atoms with Gasteiger partial charge in [0.1, 0.15) is 6.04 Å². The average molecular weight is 481 g/mol. The quantitative estimate of drug-likeness (QED) is 0.516. The molecule has 1 amide bonds. The Morgan fingerprint density at radius 2 is 1.79 bits per heavy atom. The molecule has 2 aromatic carbocycles. The van der Waals surface area contributed by atoms with E-state index in [-0.39, 0.29) is 6.54 Å². The molecule has 33 heavy (non-hydrogen) atoms. The highest BCUT2D eigenvalue weighted by molar-refractivity contribution is 7.89. The molecule has 1 aromatic heterocycles. The summed E-state index contributed by atoms with van der Waals surface area (Å²) in [4.78, 5) is 12.2. The van der Waals surface area contributed by atoms with Crippen molar-refractivity contribution in [1.82, 2.24) is 19.8 Å². The molecule has 0 bridgehead atoms. The molecule has 0 spiro atoms. The number of sulfonamides is 1.